The number of aliphatic carboxylic acids is 1. The third-order valence-electron chi connectivity index (χ3n) is 1.54. The lowest BCUT2D eigenvalue weighted by atomic mass is 10.2. The molecule has 0 amide bonds. The molecule has 2 atom stereocenters. The van der Waals surface area contributed by atoms with E-state index in [9.17, 15) is 4.79 Å². The Bertz CT molecular complexity index is 155. The van der Waals surface area contributed by atoms with Gasteiger partial charge in [-0.15, -0.1) is 0 Å². The average molecular weight is 209 g/mol. The lowest BCUT2D eigenvalue weighted by molar-refractivity contribution is -0.138. The topological polar surface area (TPSA) is 89.8 Å². The minimum absolute atomic E-state index is 0.110. The van der Waals surface area contributed by atoms with Crippen LogP contribution in [0.3, 0.4) is 0 Å². The molecule has 13 heavy (non-hydrogen) atoms. The molecule has 0 bridgehead atoms. The van der Waals surface area contributed by atoms with E-state index in [1.165, 1.54) is 0 Å². The van der Waals surface area contributed by atoms with Gasteiger partial charge in [0.15, 0.2) is 0 Å². The SMILES string of the molecule is O=C(O)[C@H](CS)NC[C@H](O)CCO. The molecule has 0 aliphatic heterocycles. The van der Waals surface area contributed by atoms with E-state index < -0.39 is 18.1 Å². The predicted octanol–water partition coefficient (Wildman–Crippen LogP) is -1.30. The maximum atomic E-state index is 10.5. The molecule has 6 heteroatoms. The van der Waals surface area contributed by atoms with Gasteiger partial charge in [0.2, 0.25) is 0 Å². The Labute approximate surface area is 82.2 Å². The average Bonchev–Trinajstić information content (AvgIpc) is 2.05. The van der Waals surface area contributed by atoms with Gasteiger partial charge in [-0.05, 0) is 6.42 Å². The van der Waals surface area contributed by atoms with Crippen molar-refractivity contribution < 1.29 is 20.1 Å². The van der Waals surface area contributed by atoms with Crippen LogP contribution in [-0.2, 0) is 4.79 Å². The molecule has 0 aliphatic rings. The highest BCUT2D eigenvalue weighted by molar-refractivity contribution is 7.80. The molecular formula is C7H15NO4S. The number of aliphatic hydroxyl groups excluding tert-OH is 2. The van der Waals surface area contributed by atoms with Gasteiger partial charge in [0.25, 0.3) is 0 Å². The molecule has 0 fully saturated rings. The smallest absolute Gasteiger partial charge is 0.321 e. The molecule has 78 valence electrons. The lowest BCUT2D eigenvalue weighted by Crippen LogP contribution is -2.42. The normalized spacial score (nSPS) is 15.3. The summed E-state index contributed by atoms with van der Waals surface area (Å²) >= 11 is 3.84. The van der Waals surface area contributed by atoms with Crippen molar-refractivity contribution in [2.24, 2.45) is 0 Å². The van der Waals surface area contributed by atoms with E-state index in [2.05, 4.69) is 17.9 Å². The molecule has 5 nitrogen and oxygen atoms in total. The summed E-state index contributed by atoms with van der Waals surface area (Å²) in [6, 6.07) is -0.753. The van der Waals surface area contributed by atoms with Gasteiger partial charge in [-0.2, -0.15) is 12.6 Å². The molecule has 0 saturated carbocycles. The maximum absolute atomic E-state index is 10.5. The van der Waals surface area contributed by atoms with Crippen LogP contribution >= 0.6 is 12.6 Å². The zero-order valence-corrected chi connectivity index (χ0v) is 8.07. The summed E-state index contributed by atoms with van der Waals surface area (Å²) < 4.78 is 0. The molecule has 0 radical (unpaired) electrons. The van der Waals surface area contributed by atoms with Crippen molar-refractivity contribution >= 4 is 18.6 Å². The van der Waals surface area contributed by atoms with Gasteiger partial charge in [-0.3, -0.25) is 4.79 Å². The predicted molar refractivity (Wildman–Crippen MR) is 51.0 cm³/mol. The number of carboxylic acid groups (broad SMARTS) is 1. The monoisotopic (exact) mass is 209 g/mol. The van der Waals surface area contributed by atoms with Crippen LogP contribution in [-0.4, -0.2) is 52.3 Å². The van der Waals surface area contributed by atoms with Crippen LogP contribution in [0.25, 0.3) is 0 Å². The molecule has 0 rings (SSSR count). The molecular weight excluding hydrogens is 194 g/mol. The van der Waals surface area contributed by atoms with Crippen LogP contribution in [0.5, 0.6) is 0 Å². The summed E-state index contributed by atoms with van der Waals surface area (Å²) in [5.74, 6) is -0.826. The number of aliphatic hydroxyl groups is 2. The van der Waals surface area contributed by atoms with E-state index in [-0.39, 0.29) is 25.3 Å². The van der Waals surface area contributed by atoms with Crippen LogP contribution in [0, 0.1) is 0 Å². The van der Waals surface area contributed by atoms with Crippen molar-refractivity contribution in [3.05, 3.63) is 0 Å². The van der Waals surface area contributed by atoms with Crippen molar-refractivity contribution in [1.29, 1.82) is 0 Å². The number of carbonyl (C=O) groups is 1. The first-order chi connectivity index (χ1) is 6.11. The van der Waals surface area contributed by atoms with E-state index >= 15 is 0 Å². The quantitative estimate of drug-likeness (QED) is 0.336. The van der Waals surface area contributed by atoms with Crippen molar-refractivity contribution in [2.75, 3.05) is 18.9 Å². The van der Waals surface area contributed by atoms with E-state index in [0.717, 1.165) is 0 Å². The first-order valence-electron chi connectivity index (χ1n) is 3.97. The van der Waals surface area contributed by atoms with Crippen LogP contribution in [0.15, 0.2) is 0 Å². The third-order valence-corrected chi connectivity index (χ3v) is 1.91. The Balaban J connectivity index is 3.65. The van der Waals surface area contributed by atoms with Gasteiger partial charge in [0, 0.05) is 18.9 Å². The Morgan fingerprint density at radius 2 is 2.15 bits per heavy atom. The Morgan fingerprint density at radius 3 is 2.54 bits per heavy atom. The van der Waals surface area contributed by atoms with E-state index in [1.807, 2.05) is 0 Å². The minimum atomic E-state index is -0.994. The fourth-order valence-electron chi connectivity index (χ4n) is 0.759. The summed E-state index contributed by atoms with van der Waals surface area (Å²) in [5, 5.41) is 28.8. The number of rotatable bonds is 7. The third kappa shape index (κ3) is 5.87. The van der Waals surface area contributed by atoms with E-state index in [0.29, 0.717) is 0 Å². The number of carboxylic acids is 1. The molecule has 4 N–H and O–H groups in total. The Hall–Kier alpha value is -0.300. The first-order valence-corrected chi connectivity index (χ1v) is 4.61. The standard InChI is InChI=1S/C7H15NO4S/c9-2-1-5(10)3-8-6(4-13)7(11)12/h5-6,8-10,13H,1-4H2,(H,11,12)/t5-,6+/m1/s1. The van der Waals surface area contributed by atoms with Gasteiger partial charge in [0.05, 0.1) is 6.10 Å². The summed E-state index contributed by atoms with van der Waals surface area (Å²) in [7, 11) is 0. The van der Waals surface area contributed by atoms with Crippen LogP contribution < -0.4 is 5.32 Å². The van der Waals surface area contributed by atoms with Crippen LogP contribution in [0.4, 0.5) is 0 Å². The van der Waals surface area contributed by atoms with Crippen LogP contribution in [0.2, 0.25) is 0 Å². The van der Waals surface area contributed by atoms with E-state index in [1.54, 1.807) is 0 Å². The molecule has 0 heterocycles. The zero-order chi connectivity index (χ0) is 10.3. The largest absolute Gasteiger partial charge is 0.480 e. The number of nitrogens with one attached hydrogen (secondary N) is 1. The second-order valence-corrected chi connectivity index (χ2v) is 3.01. The van der Waals surface area contributed by atoms with Gasteiger partial charge in [-0.25, -0.2) is 0 Å². The van der Waals surface area contributed by atoms with Gasteiger partial charge in [-0.1, -0.05) is 0 Å². The highest BCUT2D eigenvalue weighted by Gasteiger charge is 2.15. The summed E-state index contributed by atoms with van der Waals surface area (Å²) in [5.41, 5.74) is 0. The zero-order valence-electron chi connectivity index (χ0n) is 7.18. The molecule has 0 saturated heterocycles. The van der Waals surface area contributed by atoms with Gasteiger partial charge in [0.1, 0.15) is 6.04 Å². The highest BCUT2D eigenvalue weighted by atomic mass is 32.1. The molecule has 0 spiro atoms. The fourth-order valence-corrected chi connectivity index (χ4v) is 1.04. The second-order valence-electron chi connectivity index (χ2n) is 2.65. The van der Waals surface area contributed by atoms with E-state index in [4.69, 9.17) is 15.3 Å². The summed E-state index contributed by atoms with van der Waals surface area (Å²) in [6.07, 6.45) is -0.474. The van der Waals surface area contributed by atoms with Crippen molar-refractivity contribution in [1.82, 2.24) is 5.32 Å². The minimum Gasteiger partial charge on any atom is -0.480 e. The lowest BCUT2D eigenvalue weighted by Gasteiger charge is -2.14. The molecule has 0 aliphatic carbocycles. The molecule has 0 aromatic rings. The highest BCUT2D eigenvalue weighted by Crippen LogP contribution is 1.92. The summed E-state index contributed by atoms with van der Waals surface area (Å²) in [4.78, 5) is 10.5. The number of thiol groups is 1. The van der Waals surface area contributed by atoms with Crippen molar-refractivity contribution in [3.8, 4) is 0 Å². The second kappa shape index (κ2) is 7.14. The Morgan fingerprint density at radius 1 is 1.54 bits per heavy atom. The number of hydrogen-bond acceptors (Lipinski definition) is 5. The van der Waals surface area contributed by atoms with Crippen molar-refractivity contribution in [3.63, 3.8) is 0 Å². The van der Waals surface area contributed by atoms with Crippen molar-refractivity contribution in [2.45, 2.75) is 18.6 Å². The fraction of sp³-hybridized carbons (Fsp3) is 0.857. The first kappa shape index (κ1) is 12.7. The molecule has 0 aromatic carbocycles. The Kier molecular flexibility index (Phi) is 6.97. The molecule has 0 aromatic heterocycles. The van der Waals surface area contributed by atoms with Gasteiger partial charge < -0.3 is 20.6 Å². The van der Waals surface area contributed by atoms with Gasteiger partial charge >= 0.3 is 5.97 Å². The molecule has 0 unspecified atom stereocenters. The van der Waals surface area contributed by atoms with Crippen LogP contribution in [0.1, 0.15) is 6.42 Å². The maximum Gasteiger partial charge on any atom is 0.321 e. The summed E-state index contributed by atoms with van der Waals surface area (Å²) in [6.45, 7) is 0.0412. The number of hydrogen-bond donors (Lipinski definition) is 5.